The van der Waals surface area contributed by atoms with Gasteiger partial charge in [0.1, 0.15) is 0 Å². The van der Waals surface area contributed by atoms with Gasteiger partial charge < -0.3 is 10.4 Å². The second kappa shape index (κ2) is 7.33. The van der Waals surface area contributed by atoms with Crippen molar-refractivity contribution in [2.45, 2.75) is 33.2 Å². The van der Waals surface area contributed by atoms with Crippen molar-refractivity contribution in [3.8, 4) is 11.4 Å². The fourth-order valence-electron chi connectivity index (χ4n) is 2.35. The molecule has 1 atom stereocenters. The lowest BCUT2D eigenvalue weighted by molar-refractivity contribution is 0.0897. The lowest BCUT2D eigenvalue weighted by Crippen LogP contribution is -2.40. The zero-order valence-corrected chi connectivity index (χ0v) is 13.8. The number of nitrogens with zero attached hydrogens (tertiary/aromatic N) is 2. The van der Waals surface area contributed by atoms with Crippen LogP contribution in [-0.2, 0) is 0 Å². The van der Waals surface area contributed by atoms with Crippen LogP contribution in [0.25, 0.3) is 11.4 Å². The number of aromatic nitrogens is 2. The molecular formula is C18H23N3O2. The number of rotatable bonds is 5. The van der Waals surface area contributed by atoms with Crippen molar-refractivity contribution in [1.29, 1.82) is 0 Å². The summed E-state index contributed by atoms with van der Waals surface area (Å²) >= 11 is 0. The lowest BCUT2D eigenvalue weighted by Gasteiger charge is -2.25. The lowest BCUT2D eigenvalue weighted by atomic mass is 9.88. The van der Waals surface area contributed by atoms with Crippen LogP contribution in [0, 0.1) is 5.41 Å². The Bertz CT molecular complexity index is 634. The highest BCUT2D eigenvalue weighted by Crippen LogP contribution is 2.21. The molecule has 1 aromatic heterocycles. The molecule has 0 radical (unpaired) electrons. The molecule has 2 N–H and O–H groups in total. The molecule has 0 bridgehead atoms. The van der Waals surface area contributed by atoms with Gasteiger partial charge >= 0.3 is 0 Å². The van der Waals surface area contributed by atoms with Gasteiger partial charge in [-0.1, -0.05) is 51.1 Å². The van der Waals surface area contributed by atoms with Crippen LogP contribution in [0.3, 0.4) is 0 Å². The number of aliphatic hydroxyl groups excluding tert-OH is 1. The molecule has 0 saturated heterocycles. The SMILES string of the molecule is CC(C)(C)CC(CO)NC(=O)c1cnc(-c2ccccc2)nc1. The van der Waals surface area contributed by atoms with Crippen LogP contribution >= 0.6 is 0 Å². The fourth-order valence-corrected chi connectivity index (χ4v) is 2.35. The average molecular weight is 313 g/mol. The van der Waals surface area contributed by atoms with Crippen molar-refractivity contribution in [3.63, 3.8) is 0 Å². The number of hydrogen-bond donors (Lipinski definition) is 2. The Hall–Kier alpha value is -2.27. The van der Waals surface area contributed by atoms with Crippen LogP contribution in [0.2, 0.25) is 0 Å². The topological polar surface area (TPSA) is 75.1 Å². The second-order valence-corrected chi connectivity index (χ2v) is 6.78. The fraction of sp³-hybridized carbons (Fsp3) is 0.389. The molecule has 0 saturated carbocycles. The van der Waals surface area contributed by atoms with Crippen LogP contribution < -0.4 is 5.32 Å². The van der Waals surface area contributed by atoms with Gasteiger partial charge in [-0.05, 0) is 11.8 Å². The van der Waals surface area contributed by atoms with Gasteiger partial charge in [-0.3, -0.25) is 4.79 Å². The molecule has 2 aromatic rings. The summed E-state index contributed by atoms with van der Waals surface area (Å²) in [6.45, 7) is 6.12. The minimum absolute atomic E-state index is 0.0222. The van der Waals surface area contributed by atoms with E-state index in [0.29, 0.717) is 17.8 Å². The summed E-state index contributed by atoms with van der Waals surface area (Å²) in [5, 5.41) is 12.3. The molecule has 0 aliphatic carbocycles. The van der Waals surface area contributed by atoms with E-state index in [1.165, 1.54) is 12.4 Å². The number of aliphatic hydroxyl groups is 1. The molecule has 1 unspecified atom stereocenters. The van der Waals surface area contributed by atoms with Crippen molar-refractivity contribution >= 4 is 5.91 Å². The molecule has 122 valence electrons. The molecule has 0 spiro atoms. The van der Waals surface area contributed by atoms with Gasteiger partial charge in [0.2, 0.25) is 0 Å². The van der Waals surface area contributed by atoms with Gasteiger partial charge in [0, 0.05) is 18.0 Å². The summed E-state index contributed by atoms with van der Waals surface area (Å²) in [5.74, 6) is 0.309. The van der Waals surface area contributed by atoms with Crippen LogP contribution in [0.15, 0.2) is 42.7 Å². The van der Waals surface area contributed by atoms with Gasteiger partial charge in [-0.25, -0.2) is 9.97 Å². The highest BCUT2D eigenvalue weighted by Gasteiger charge is 2.20. The Morgan fingerprint density at radius 2 is 1.78 bits per heavy atom. The molecule has 1 aromatic carbocycles. The van der Waals surface area contributed by atoms with Crippen molar-refractivity contribution in [2.24, 2.45) is 5.41 Å². The largest absolute Gasteiger partial charge is 0.394 e. The van der Waals surface area contributed by atoms with Crippen LogP contribution in [0.5, 0.6) is 0 Å². The molecule has 5 nitrogen and oxygen atoms in total. The normalized spacial score (nSPS) is 12.7. The number of hydrogen-bond acceptors (Lipinski definition) is 4. The van der Waals surface area contributed by atoms with E-state index in [0.717, 1.165) is 5.56 Å². The summed E-state index contributed by atoms with van der Waals surface area (Å²) in [4.78, 5) is 20.7. The number of carbonyl (C=O) groups is 1. The summed E-state index contributed by atoms with van der Waals surface area (Å²) < 4.78 is 0. The first-order chi connectivity index (χ1) is 10.9. The Morgan fingerprint density at radius 1 is 1.17 bits per heavy atom. The highest BCUT2D eigenvalue weighted by molar-refractivity contribution is 5.93. The zero-order valence-electron chi connectivity index (χ0n) is 13.8. The third kappa shape index (κ3) is 5.14. The van der Waals surface area contributed by atoms with E-state index < -0.39 is 0 Å². The maximum atomic E-state index is 12.2. The molecule has 0 aliphatic rings. The molecule has 1 amide bonds. The minimum atomic E-state index is -0.281. The predicted molar refractivity (Wildman–Crippen MR) is 89.9 cm³/mol. The first-order valence-electron chi connectivity index (χ1n) is 7.68. The van der Waals surface area contributed by atoms with Crippen molar-refractivity contribution in [1.82, 2.24) is 15.3 Å². The second-order valence-electron chi connectivity index (χ2n) is 6.78. The first kappa shape index (κ1) is 17.1. The minimum Gasteiger partial charge on any atom is -0.394 e. The molecule has 0 aliphatic heterocycles. The van der Waals surface area contributed by atoms with E-state index in [1.807, 2.05) is 30.3 Å². The van der Waals surface area contributed by atoms with E-state index in [1.54, 1.807) is 0 Å². The van der Waals surface area contributed by atoms with Crippen molar-refractivity contribution < 1.29 is 9.90 Å². The highest BCUT2D eigenvalue weighted by atomic mass is 16.3. The molecule has 2 rings (SSSR count). The molecule has 5 heteroatoms. The zero-order chi connectivity index (χ0) is 16.9. The van der Waals surface area contributed by atoms with E-state index in [-0.39, 0.29) is 24.0 Å². The molecular weight excluding hydrogens is 290 g/mol. The van der Waals surface area contributed by atoms with E-state index in [2.05, 4.69) is 36.1 Å². The summed E-state index contributed by atoms with van der Waals surface area (Å²) in [5.41, 5.74) is 1.31. The third-order valence-electron chi connectivity index (χ3n) is 3.36. The Labute approximate surface area is 136 Å². The number of benzene rings is 1. The standard InChI is InChI=1S/C18H23N3O2/c1-18(2,3)9-15(12-22)21-17(23)14-10-19-16(20-11-14)13-7-5-4-6-8-13/h4-8,10-11,15,22H,9,12H2,1-3H3,(H,21,23). The maximum Gasteiger partial charge on any atom is 0.254 e. The molecule has 1 heterocycles. The van der Waals surface area contributed by atoms with Crippen LogP contribution in [0.1, 0.15) is 37.6 Å². The van der Waals surface area contributed by atoms with Gasteiger partial charge in [0.15, 0.2) is 5.82 Å². The average Bonchev–Trinajstić information content (AvgIpc) is 2.54. The Morgan fingerprint density at radius 3 is 2.30 bits per heavy atom. The van der Waals surface area contributed by atoms with Gasteiger partial charge in [-0.15, -0.1) is 0 Å². The van der Waals surface area contributed by atoms with Crippen LogP contribution in [0.4, 0.5) is 0 Å². The first-order valence-corrected chi connectivity index (χ1v) is 7.68. The quantitative estimate of drug-likeness (QED) is 0.890. The van der Waals surface area contributed by atoms with E-state index in [4.69, 9.17) is 0 Å². The summed E-state index contributed by atoms with van der Waals surface area (Å²) in [6.07, 6.45) is 3.71. The molecule has 0 fully saturated rings. The van der Waals surface area contributed by atoms with E-state index in [9.17, 15) is 9.90 Å². The van der Waals surface area contributed by atoms with Gasteiger partial charge in [-0.2, -0.15) is 0 Å². The van der Waals surface area contributed by atoms with Crippen molar-refractivity contribution in [3.05, 3.63) is 48.3 Å². The smallest absolute Gasteiger partial charge is 0.254 e. The maximum absolute atomic E-state index is 12.2. The van der Waals surface area contributed by atoms with Crippen molar-refractivity contribution in [2.75, 3.05) is 6.61 Å². The van der Waals surface area contributed by atoms with Gasteiger partial charge in [0.25, 0.3) is 5.91 Å². The Balaban J connectivity index is 2.05. The predicted octanol–water partition coefficient (Wildman–Crippen LogP) is 2.67. The number of nitrogens with one attached hydrogen (secondary N) is 1. The number of amides is 1. The van der Waals surface area contributed by atoms with E-state index >= 15 is 0 Å². The number of carbonyl (C=O) groups excluding carboxylic acids is 1. The van der Waals surface area contributed by atoms with Crippen LogP contribution in [-0.4, -0.2) is 33.6 Å². The summed E-state index contributed by atoms with van der Waals surface area (Å²) in [7, 11) is 0. The summed E-state index contributed by atoms with van der Waals surface area (Å²) in [6, 6.07) is 9.31. The van der Waals surface area contributed by atoms with Gasteiger partial charge in [0.05, 0.1) is 18.2 Å². The molecule has 23 heavy (non-hydrogen) atoms. The Kier molecular flexibility index (Phi) is 5.45. The third-order valence-corrected chi connectivity index (χ3v) is 3.36. The monoisotopic (exact) mass is 313 g/mol.